The van der Waals surface area contributed by atoms with Crippen molar-refractivity contribution in [3.8, 4) is 28.6 Å². The van der Waals surface area contributed by atoms with Gasteiger partial charge in [0.1, 0.15) is 30.1 Å². The summed E-state index contributed by atoms with van der Waals surface area (Å²) in [5.41, 5.74) is 3.86. The Balaban J connectivity index is 1.26. The summed E-state index contributed by atoms with van der Waals surface area (Å²) in [7, 11) is 5.74. The largest absolute Gasteiger partial charge is 0.490 e. The summed E-state index contributed by atoms with van der Waals surface area (Å²) in [5.74, 6) is 1.58. The van der Waals surface area contributed by atoms with Crippen LogP contribution in [-0.2, 0) is 13.2 Å². The monoisotopic (exact) mass is 647 g/mol. The van der Waals surface area contributed by atoms with Gasteiger partial charge in [0.05, 0.1) is 12.8 Å². The zero-order valence-electron chi connectivity index (χ0n) is 28.2. The number of likely N-dealkylation sites (tertiary alicyclic amines) is 1. The topological polar surface area (TPSA) is 67.6 Å². The second-order valence-corrected chi connectivity index (χ2v) is 12.3. The smallest absolute Gasteiger partial charge is 0.205 e. The van der Waals surface area contributed by atoms with Gasteiger partial charge in [-0.05, 0) is 74.3 Å². The molecule has 2 heterocycles. The molecule has 8 nitrogen and oxygen atoms in total. The van der Waals surface area contributed by atoms with E-state index in [0.717, 1.165) is 41.9 Å². The Hall–Kier alpha value is -4.79. The van der Waals surface area contributed by atoms with E-state index in [1.165, 1.54) is 38.4 Å². The summed E-state index contributed by atoms with van der Waals surface area (Å²) in [6.45, 7) is 5.15. The van der Waals surface area contributed by atoms with Crippen LogP contribution in [0, 0.1) is 0 Å². The Kier molecular flexibility index (Phi) is 11.0. The van der Waals surface area contributed by atoms with E-state index in [9.17, 15) is 4.79 Å². The van der Waals surface area contributed by atoms with Gasteiger partial charge < -0.3 is 28.5 Å². The molecule has 0 amide bonds. The van der Waals surface area contributed by atoms with E-state index in [1.807, 2.05) is 84.9 Å². The number of hydrazine groups is 1. The number of rotatable bonds is 14. The van der Waals surface area contributed by atoms with Crippen molar-refractivity contribution >= 4 is 16.7 Å². The first-order chi connectivity index (χ1) is 23.5. The Morgan fingerprint density at radius 3 is 2.02 bits per heavy atom. The highest BCUT2D eigenvalue weighted by Crippen LogP contribution is 2.42. The number of fused-ring (bicyclic) bond motifs is 1. The Bertz CT molecular complexity index is 1820. The van der Waals surface area contributed by atoms with Crippen molar-refractivity contribution in [1.82, 2.24) is 9.91 Å². The molecular weight excluding hydrogens is 602 g/mol. The predicted octanol–water partition coefficient (Wildman–Crippen LogP) is 7.79. The molecule has 0 radical (unpaired) electrons. The van der Waals surface area contributed by atoms with Crippen molar-refractivity contribution in [1.29, 1.82) is 0 Å². The van der Waals surface area contributed by atoms with Gasteiger partial charge in [-0.3, -0.25) is 4.79 Å². The molecule has 0 bridgehead atoms. The normalized spacial score (nSPS) is 13.5. The first-order valence-electron chi connectivity index (χ1n) is 16.8. The molecule has 48 heavy (non-hydrogen) atoms. The third kappa shape index (κ3) is 8.01. The van der Waals surface area contributed by atoms with Gasteiger partial charge >= 0.3 is 0 Å². The summed E-state index contributed by atoms with van der Waals surface area (Å²) in [6.07, 6.45) is 5.12. The van der Waals surface area contributed by atoms with Gasteiger partial charge in [-0.15, -0.1) is 0 Å². The van der Waals surface area contributed by atoms with E-state index in [4.69, 9.17) is 18.6 Å². The van der Waals surface area contributed by atoms with Gasteiger partial charge in [0.25, 0.3) is 0 Å². The van der Waals surface area contributed by atoms with Crippen LogP contribution in [0.5, 0.6) is 17.2 Å². The average molecular weight is 648 g/mol. The Labute approximate surface area is 283 Å². The van der Waals surface area contributed by atoms with Crippen LogP contribution in [-0.4, -0.2) is 57.3 Å². The molecule has 5 aromatic rings. The van der Waals surface area contributed by atoms with E-state index in [1.54, 1.807) is 13.2 Å². The lowest BCUT2D eigenvalue weighted by Gasteiger charge is -2.32. The van der Waals surface area contributed by atoms with Crippen molar-refractivity contribution in [2.24, 2.45) is 0 Å². The van der Waals surface area contributed by atoms with Gasteiger partial charge in [-0.25, -0.2) is 5.01 Å². The molecule has 250 valence electrons. The standard InChI is InChI=1S/C40H45N3O5/c1-41(22-13-25-43-23-11-6-12-24-43)42(2)33-20-18-32(19-21-33)35-26-34(44)38-36(46-28-30-14-7-4-8-15-30)27-37(39(45-3)40(38)48-35)47-29-31-16-9-5-10-17-31/h4-5,7-10,14-21,26-27H,6,11-13,22-25,28-29H2,1-3H3. The predicted molar refractivity (Wildman–Crippen MR) is 192 cm³/mol. The summed E-state index contributed by atoms with van der Waals surface area (Å²) < 4.78 is 24.8. The first-order valence-corrected chi connectivity index (χ1v) is 16.8. The molecule has 0 spiro atoms. The van der Waals surface area contributed by atoms with Crippen LogP contribution >= 0.6 is 0 Å². The number of hydrogen-bond donors (Lipinski definition) is 0. The van der Waals surface area contributed by atoms with Crippen LogP contribution in [0.25, 0.3) is 22.3 Å². The molecule has 6 rings (SSSR count). The second-order valence-electron chi connectivity index (χ2n) is 12.3. The number of hydrogen-bond acceptors (Lipinski definition) is 8. The van der Waals surface area contributed by atoms with Gasteiger partial charge in [0.2, 0.25) is 5.75 Å². The second kappa shape index (κ2) is 15.9. The van der Waals surface area contributed by atoms with Crippen LogP contribution in [0.2, 0.25) is 0 Å². The fourth-order valence-corrected chi connectivity index (χ4v) is 6.18. The zero-order chi connectivity index (χ0) is 33.3. The zero-order valence-corrected chi connectivity index (χ0v) is 28.2. The Morgan fingerprint density at radius 1 is 0.771 bits per heavy atom. The number of nitrogens with zero attached hydrogens (tertiary/aromatic N) is 3. The molecule has 0 saturated carbocycles. The van der Waals surface area contributed by atoms with Gasteiger partial charge in [-0.1, -0.05) is 67.1 Å². The lowest BCUT2D eigenvalue weighted by atomic mass is 10.1. The van der Waals surface area contributed by atoms with Crippen molar-refractivity contribution in [3.05, 3.63) is 118 Å². The molecular formula is C40H45N3O5. The lowest BCUT2D eigenvalue weighted by molar-refractivity contribution is 0.210. The van der Waals surface area contributed by atoms with Gasteiger partial charge in [0.15, 0.2) is 16.8 Å². The average Bonchev–Trinajstić information content (AvgIpc) is 3.13. The number of benzene rings is 4. The number of anilines is 1. The highest BCUT2D eigenvalue weighted by Gasteiger charge is 2.22. The van der Waals surface area contributed by atoms with Gasteiger partial charge in [-0.2, -0.15) is 0 Å². The summed E-state index contributed by atoms with van der Waals surface area (Å²) in [5, 5.41) is 4.71. The summed E-state index contributed by atoms with van der Waals surface area (Å²) in [4.78, 5) is 16.4. The maximum atomic E-state index is 13.8. The molecule has 0 unspecified atom stereocenters. The molecule has 1 fully saturated rings. The maximum Gasteiger partial charge on any atom is 0.205 e. The molecule has 1 aliphatic rings. The lowest BCUT2D eigenvalue weighted by Crippen LogP contribution is -2.39. The molecule has 1 aliphatic heterocycles. The quantitative estimate of drug-likeness (QED) is 0.113. The van der Waals surface area contributed by atoms with Crippen molar-refractivity contribution < 1.29 is 18.6 Å². The fourth-order valence-electron chi connectivity index (χ4n) is 6.18. The molecule has 1 saturated heterocycles. The molecule has 0 atom stereocenters. The summed E-state index contributed by atoms with van der Waals surface area (Å²) >= 11 is 0. The molecule has 4 aromatic carbocycles. The highest BCUT2D eigenvalue weighted by atomic mass is 16.5. The van der Waals surface area contributed by atoms with Crippen LogP contribution in [0.4, 0.5) is 5.69 Å². The van der Waals surface area contributed by atoms with E-state index >= 15 is 0 Å². The van der Waals surface area contributed by atoms with Crippen LogP contribution in [0.3, 0.4) is 0 Å². The fraction of sp³-hybridized carbons (Fsp3) is 0.325. The molecule has 0 aliphatic carbocycles. The number of methoxy groups -OCH3 is 1. The van der Waals surface area contributed by atoms with Crippen LogP contribution < -0.4 is 24.6 Å². The third-order valence-electron chi connectivity index (χ3n) is 9.01. The van der Waals surface area contributed by atoms with Crippen LogP contribution in [0.1, 0.15) is 36.8 Å². The van der Waals surface area contributed by atoms with E-state index < -0.39 is 0 Å². The van der Waals surface area contributed by atoms with E-state index in [0.29, 0.717) is 35.0 Å². The minimum atomic E-state index is -0.225. The SMILES string of the molecule is COc1c(OCc2ccccc2)cc(OCc2ccccc2)c2c(=O)cc(-c3ccc(N(C)N(C)CCCN4CCCCC4)cc3)oc12. The minimum absolute atomic E-state index is 0.225. The number of ether oxygens (including phenoxy) is 3. The van der Waals surface area contributed by atoms with E-state index in [-0.39, 0.29) is 17.6 Å². The van der Waals surface area contributed by atoms with Crippen molar-refractivity contribution in [2.75, 3.05) is 52.4 Å². The van der Waals surface area contributed by atoms with E-state index in [2.05, 4.69) is 29.0 Å². The summed E-state index contributed by atoms with van der Waals surface area (Å²) in [6, 6.07) is 31.0. The van der Waals surface area contributed by atoms with Gasteiger partial charge in [0, 0.05) is 38.3 Å². The molecule has 1 aromatic heterocycles. The molecule has 0 N–H and O–H groups in total. The van der Waals surface area contributed by atoms with Crippen molar-refractivity contribution in [3.63, 3.8) is 0 Å². The maximum absolute atomic E-state index is 13.8. The Morgan fingerprint density at radius 2 is 1.40 bits per heavy atom. The molecule has 8 heteroatoms. The number of piperidine rings is 1. The third-order valence-corrected chi connectivity index (χ3v) is 9.01. The minimum Gasteiger partial charge on any atom is -0.490 e. The first kappa shape index (κ1) is 33.1. The van der Waals surface area contributed by atoms with Crippen molar-refractivity contribution in [2.45, 2.75) is 38.9 Å². The van der Waals surface area contributed by atoms with Crippen LogP contribution in [0.15, 0.2) is 106 Å². The highest BCUT2D eigenvalue weighted by molar-refractivity contribution is 5.92.